The van der Waals surface area contributed by atoms with Crippen LogP contribution in [0.4, 0.5) is 0 Å². The Balaban J connectivity index is 1.90. The van der Waals surface area contributed by atoms with Gasteiger partial charge in [-0.25, -0.2) is 0 Å². The lowest BCUT2D eigenvalue weighted by Gasteiger charge is -2.30. The SMILES string of the molecule is COc1ccc(C)cc1C1C[C@H]2CC[C@@H](C1)N2. The maximum atomic E-state index is 5.52. The van der Waals surface area contributed by atoms with E-state index in [0.29, 0.717) is 5.92 Å². The zero-order valence-electron chi connectivity index (χ0n) is 10.7. The van der Waals surface area contributed by atoms with Crippen molar-refractivity contribution in [1.29, 1.82) is 0 Å². The molecular formula is C15H21NO. The van der Waals surface area contributed by atoms with E-state index in [1.807, 2.05) is 0 Å². The number of piperidine rings is 1. The third-order valence-corrected chi connectivity index (χ3v) is 4.30. The molecule has 92 valence electrons. The molecule has 2 aliphatic rings. The number of fused-ring (bicyclic) bond motifs is 2. The van der Waals surface area contributed by atoms with Gasteiger partial charge in [0, 0.05) is 12.1 Å². The molecule has 1 aromatic rings. The lowest BCUT2D eigenvalue weighted by Crippen LogP contribution is -2.37. The summed E-state index contributed by atoms with van der Waals surface area (Å²) in [5.74, 6) is 1.76. The van der Waals surface area contributed by atoms with E-state index in [1.165, 1.54) is 36.8 Å². The molecule has 1 N–H and O–H groups in total. The Bertz CT molecular complexity index is 403. The van der Waals surface area contributed by atoms with Crippen molar-refractivity contribution in [1.82, 2.24) is 5.32 Å². The number of aryl methyl sites for hydroxylation is 1. The van der Waals surface area contributed by atoms with Gasteiger partial charge in [0.25, 0.3) is 0 Å². The first-order valence-electron chi connectivity index (χ1n) is 6.67. The predicted molar refractivity (Wildman–Crippen MR) is 69.7 cm³/mol. The Morgan fingerprint density at radius 1 is 1.18 bits per heavy atom. The van der Waals surface area contributed by atoms with E-state index in [1.54, 1.807) is 7.11 Å². The molecule has 0 aromatic heterocycles. The van der Waals surface area contributed by atoms with Crippen molar-refractivity contribution in [3.05, 3.63) is 29.3 Å². The molecule has 1 unspecified atom stereocenters. The lowest BCUT2D eigenvalue weighted by molar-refractivity contribution is 0.348. The van der Waals surface area contributed by atoms with E-state index in [-0.39, 0.29) is 0 Å². The van der Waals surface area contributed by atoms with Crippen LogP contribution in [0.2, 0.25) is 0 Å². The van der Waals surface area contributed by atoms with Gasteiger partial charge in [-0.3, -0.25) is 0 Å². The molecular weight excluding hydrogens is 210 g/mol. The second kappa shape index (κ2) is 4.34. The predicted octanol–water partition coefficient (Wildman–Crippen LogP) is 3.00. The van der Waals surface area contributed by atoms with Crippen molar-refractivity contribution in [3.63, 3.8) is 0 Å². The van der Waals surface area contributed by atoms with Crippen LogP contribution in [0.25, 0.3) is 0 Å². The second-order valence-electron chi connectivity index (χ2n) is 5.55. The highest BCUT2D eigenvalue weighted by atomic mass is 16.5. The van der Waals surface area contributed by atoms with Gasteiger partial charge in [-0.05, 0) is 50.2 Å². The summed E-state index contributed by atoms with van der Waals surface area (Å²) in [6.07, 6.45) is 5.26. The molecule has 0 spiro atoms. The van der Waals surface area contributed by atoms with Crippen molar-refractivity contribution in [3.8, 4) is 5.75 Å². The van der Waals surface area contributed by atoms with E-state index in [4.69, 9.17) is 4.74 Å². The first kappa shape index (κ1) is 11.1. The minimum Gasteiger partial charge on any atom is -0.496 e. The van der Waals surface area contributed by atoms with Gasteiger partial charge in [0.1, 0.15) is 5.75 Å². The van der Waals surface area contributed by atoms with Gasteiger partial charge >= 0.3 is 0 Å². The zero-order chi connectivity index (χ0) is 11.8. The van der Waals surface area contributed by atoms with Gasteiger partial charge < -0.3 is 10.1 Å². The zero-order valence-corrected chi connectivity index (χ0v) is 10.7. The Hall–Kier alpha value is -1.02. The summed E-state index contributed by atoms with van der Waals surface area (Å²) in [7, 11) is 1.78. The number of ether oxygens (including phenoxy) is 1. The van der Waals surface area contributed by atoms with Crippen LogP contribution in [-0.4, -0.2) is 19.2 Å². The average molecular weight is 231 g/mol. The Kier molecular flexibility index (Phi) is 2.83. The van der Waals surface area contributed by atoms with Crippen LogP contribution in [0.5, 0.6) is 5.75 Å². The fourth-order valence-electron chi connectivity index (χ4n) is 3.48. The number of benzene rings is 1. The number of methoxy groups -OCH3 is 1. The summed E-state index contributed by atoms with van der Waals surface area (Å²) >= 11 is 0. The fourth-order valence-corrected chi connectivity index (χ4v) is 3.48. The molecule has 2 bridgehead atoms. The molecule has 2 heterocycles. The Labute approximate surface area is 103 Å². The third kappa shape index (κ3) is 2.06. The number of hydrogen-bond acceptors (Lipinski definition) is 2. The molecule has 2 heteroatoms. The minimum atomic E-state index is 0.684. The van der Waals surface area contributed by atoms with Crippen LogP contribution < -0.4 is 10.1 Å². The number of hydrogen-bond donors (Lipinski definition) is 1. The molecule has 0 amide bonds. The van der Waals surface area contributed by atoms with Crippen LogP contribution in [0.15, 0.2) is 18.2 Å². The van der Waals surface area contributed by atoms with Gasteiger partial charge in [0.2, 0.25) is 0 Å². The fraction of sp³-hybridized carbons (Fsp3) is 0.600. The molecule has 0 aliphatic carbocycles. The highest BCUT2D eigenvalue weighted by molar-refractivity contribution is 5.40. The van der Waals surface area contributed by atoms with Crippen LogP contribution in [0, 0.1) is 6.92 Å². The monoisotopic (exact) mass is 231 g/mol. The van der Waals surface area contributed by atoms with E-state index >= 15 is 0 Å². The third-order valence-electron chi connectivity index (χ3n) is 4.30. The van der Waals surface area contributed by atoms with E-state index in [0.717, 1.165) is 17.8 Å². The van der Waals surface area contributed by atoms with Crippen LogP contribution in [0.3, 0.4) is 0 Å². The highest BCUT2D eigenvalue weighted by Gasteiger charge is 2.34. The smallest absolute Gasteiger partial charge is 0.122 e. The summed E-state index contributed by atoms with van der Waals surface area (Å²) in [5.41, 5.74) is 2.76. The van der Waals surface area contributed by atoms with Crippen molar-refractivity contribution < 1.29 is 4.74 Å². The van der Waals surface area contributed by atoms with Crippen molar-refractivity contribution in [2.75, 3.05) is 7.11 Å². The Morgan fingerprint density at radius 2 is 1.88 bits per heavy atom. The van der Waals surface area contributed by atoms with Crippen LogP contribution in [0.1, 0.15) is 42.7 Å². The minimum absolute atomic E-state index is 0.684. The highest BCUT2D eigenvalue weighted by Crippen LogP contribution is 2.40. The standard InChI is InChI=1S/C15H21NO/c1-10-3-6-15(17-2)14(7-10)11-8-12-4-5-13(9-11)16-12/h3,6-7,11-13,16H,4-5,8-9H2,1-2H3/t11?,12-,13+. The van der Waals surface area contributed by atoms with Crippen LogP contribution in [-0.2, 0) is 0 Å². The number of nitrogens with one attached hydrogen (secondary N) is 1. The molecule has 3 atom stereocenters. The summed E-state index contributed by atoms with van der Waals surface area (Å²) in [6, 6.07) is 8.05. The van der Waals surface area contributed by atoms with Gasteiger partial charge in [0.05, 0.1) is 7.11 Å². The average Bonchev–Trinajstić information content (AvgIpc) is 2.68. The molecule has 3 rings (SSSR count). The van der Waals surface area contributed by atoms with E-state index in [9.17, 15) is 0 Å². The molecule has 17 heavy (non-hydrogen) atoms. The largest absolute Gasteiger partial charge is 0.496 e. The van der Waals surface area contributed by atoms with Crippen molar-refractivity contribution in [2.45, 2.75) is 50.6 Å². The van der Waals surface area contributed by atoms with Gasteiger partial charge in [-0.1, -0.05) is 17.7 Å². The molecule has 2 fully saturated rings. The van der Waals surface area contributed by atoms with Crippen LogP contribution >= 0.6 is 0 Å². The lowest BCUT2D eigenvalue weighted by atomic mass is 9.85. The molecule has 0 radical (unpaired) electrons. The molecule has 2 nitrogen and oxygen atoms in total. The summed E-state index contributed by atoms with van der Waals surface area (Å²) in [5, 5.41) is 3.70. The molecule has 1 aromatic carbocycles. The summed E-state index contributed by atoms with van der Waals surface area (Å²) in [6.45, 7) is 2.17. The maximum absolute atomic E-state index is 5.52. The van der Waals surface area contributed by atoms with E-state index < -0.39 is 0 Å². The first-order chi connectivity index (χ1) is 8.26. The molecule has 2 aliphatic heterocycles. The normalized spacial score (nSPS) is 31.5. The van der Waals surface area contributed by atoms with Crippen molar-refractivity contribution in [2.24, 2.45) is 0 Å². The summed E-state index contributed by atoms with van der Waals surface area (Å²) in [4.78, 5) is 0. The Morgan fingerprint density at radius 3 is 2.53 bits per heavy atom. The topological polar surface area (TPSA) is 21.3 Å². The number of rotatable bonds is 2. The quantitative estimate of drug-likeness (QED) is 0.845. The molecule has 2 saturated heterocycles. The first-order valence-corrected chi connectivity index (χ1v) is 6.67. The summed E-state index contributed by atoms with van der Waals surface area (Å²) < 4.78 is 5.52. The van der Waals surface area contributed by atoms with Gasteiger partial charge in [0.15, 0.2) is 0 Å². The maximum Gasteiger partial charge on any atom is 0.122 e. The van der Waals surface area contributed by atoms with Gasteiger partial charge in [-0.15, -0.1) is 0 Å². The van der Waals surface area contributed by atoms with Crippen molar-refractivity contribution >= 4 is 0 Å². The van der Waals surface area contributed by atoms with Gasteiger partial charge in [-0.2, -0.15) is 0 Å². The molecule has 0 saturated carbocycles. The van der Waals surface area contributed by atoms with E-state index in [2.05, 4.69) is 30.4 Å². The second-order valence-corrected chi connectivity index (χ2v) is 5.55.